The van der Waals surface area contributed by atoms with Gasteiger partial charge >= 0.3 is 12.4 Å². The number of alkyl halides is 6. The molecular formula is C13H7F6NO. The molecule has 2 rings (SSSR count). The summed E-state index contributed by atoms with van der Waals surface area (Å²) in [7, 11) is 0. The van der Waals surface area contributed by atoms with Crippen LogP contribution in [-0.4, -0.2) is 16.9 Å². The maximum absolute atomic E-state index is 12.4. The van der Waals surface area contributed by atoms with Gasteiger partial charge < -0.3 is 4.98 Å². The smallest absolute Gasteiger partial charge is 0.352 e. The van der Waals surface area contributed by atoms with E-state index in [4.69, 9.17) is 0 Å². The number of hydrogen-bond acceptors (Lipinski definition) is 1. The molecule has 0 bridgehead atoms. The zero-order valence-electron chi connectivity index (χ0n) is 10.1. The van der Waals surface area contributed by atoms with Gasteiger partial charge in [0.2, 0.25) is 0 Å². The van der Waals surface area contributed by atoms with Crippen molar-refractivity contribution in [2.24, 2.45) is 0 Å². The van der Waals surface area contributed by atoms with E-state index in [2.05, 4.69) is 4.98 Å². The molecule has 0 spiro atoms. The Morgan fingerprint density at radius 2 is 1.43 bits per heavy atom. The Morgan fingerprint density at radius 1 is 0.857 bits per heavy atom. The normalized spacial score (nSPS) is 12.5. The van der Waals surface area contributed by atoms with Crippen molar-refractivity contribution in [1.82, 2.24) is 4.98 Å². The third kappa shape index (κ3) is 3.26. The van der Waals surface area contributed by atoms with Gasteiger partial charge in [-0.1, -0.05) is 12.1 Å². The second-order valence-corrected chi connectivity index (χ2v) is 4.19. The van der Waals surface area contributed by atoms with Crippen LogP contribution in [0.5, 0.6) is 0 Å². The Kier molecular flexibility index (Phi) is 3.56. The van der Waals surface area contributed by atoms with Crippen LogP contribution in [0.1, 0.15) is 16.1 Å². The first-order valence-electron chi connectivity index (χ1n) is 5.57. The van der Waals surface area contributed by atoms with E-state index in [1.165, 1.54) is 6.07 Å². The molecule has 0 saturated heterocycles. The molecule has 1 heterocycles. The Hall–Kier alpha value is -2.25. The van der Waals surface area contributed by atoms with Crippen molar-refractivity contribution < 1.29 is 31.1 Å². The summed E-state index contributed by atoms with van der Waals surface area (Å²) in [6.45, 7) is 0. The first-order valence-corrected chi connectivity index (χ1v) is 5.57. The first-order chi connectivity index (χ1) is 9.59. The Labute approximate surface area is 114 Å². The van der Waals surface area contributed by atoms with Crippen LogP contribution in [0.4, 0.5) is 26.3 Å². The fourth-order valence-corrected chi connectivity index (χ4v) is 1.69. The highest BCUT2D eigenvalue weighted by atomic mass is 19.4. The highest BCUT2D eigenvalue weighted by molar-refractivity contribution is 5.99. The van der Waals surface area contributed by atoms with E-state index in [1.54, 1.807) is 0 Å². The molecule has 1 N–H and O–H groups in total. The Morgan fingerprint density at radius 3 is 1.90 bits per heavy atom. The van der Waals surface area contributed by atoms with Crippen LogP contribution in [0.2, 0.25) is 0 Å². The van der Waals surface area contributed by atoms with Gasteiger partial charge in [0.1, 0.15) is 0 Å². The van der Waals surface area contributed by atoms with Crippen LogP contribution in [0.15, 0.2) is 36.4 Å². The predicted octanol–water partition coefficient (Wildman–Crippen LogP) is 4.45. The summed E-state index contributed by atoms with van der Waals surface area (Å²) in [5.74, 6) is -2.04. The lowest BCUT2D eigenvalue weighted by Gasteiger charge is -2.07. The average Bonchev–Trinajstić information content (AvgIpc) is 2.85. The van der Waals surface area contributed by atoms with Crippen molar-refractivity contribution in [3.63, 3.8) is 0 Å². The number of carbonyl (C=O) groups excluding carboxylic acids is 1. The van der Waals surface area contributed by atoms with Crippen molar-refractivity contribution in [3.05, 3.63) is 47.7 Å². The lowest BCUT2D eigenvalue weighted by molar-refractivity contribution is -0.137. The molecule has 0 unspecified atom stereocenters. The Balaban J connectivity index is 2.28. The monoisotopic (exact) mass is 307 g/mol. The lowest BCUT2D eigenvalue weighted by atomic mass is 10.1. The number of rotatable bonds is 2. The van der Waals surface area contributed by atoms with Gasteiger partial charge in [-0.05, 0) is 29.8 Å². The minimum Gasteiger partial charge on any atom is -0.352 e. The number of nitrogens with one attached hydrogen (secondary N) is 1. The summed E-state index contributed by atoms with van der Waals surface area (Å²) in [5.41, 5.74) is -1.18. The molecule has 0 fully saturated rings. The number of aromatic amines is 1. The molecule has 0 amide bonds. The summed E-state index contributed by atoms with van der Waals surface area (Å²) in [4.78, 5) is 13.2. The van der Waals surface area contributed by atoms with Gasteiger partial charge in [-0.15, -0.1) is 0 Å². The molecule has 21 heavy (non-hydrogen) atoms. The third-order valence-electron chi connectivity index (χ3n) is 2.71. The highest BCUT2D eigenvalue weighted by Gasteiger charge is 2.40. The van der Waals surface area contributed by atoms with Gasteiger partial charge in [0, 0.05) is 5.69 Å². The molecule has 0 aliphatic rings. The van der Waals surface area contributed by atoms with Crippen molar-refractivity contribution in [2.75, 3.05) is 0 Å². The van der Waals surface area contributed by atoms with E-state index in [0.717, 1.165) is 30.3 Å². The quantitative estimate of drug-likeness (QED) is 0.645. The Bertz CT molecular complexity index is 651. The molecule has 1 aromatic carbocycles. The van der Waals surface area contributed by atoms with Crippen LogP contribution in [-0.2, 0) is 6.18 Å². The van der Waals surface area contributed by atoms with Crippen molar-refractivity contribution in [1.29, 1.82) is 0 Å². The lowest BCUT2D eigenvalue weighted by Crippen LogP contribution is -2.22. The molecule has 8 heteroatoms. The maximum atomic E-state index is 12.4. The second-order valence-electron chi connectivity index (χ2n) is 4.19. The largest absolute Gasteiger partial charge is 0.456 e. The van der Waals surface area contributed by atoms with E-state index in [9.17, 15) is 31.1 Å². The topological polar surface area (TPSA) is 32.9 Å². The number of aromatic nitrogens is 1. The van der Waals surface area contributed by atoms with Crippen LogP contribution in [0, 0.1) is 0 Å². The molecule has 0 aliphatic heterocycles. The van der Waals surface area contributed by atoms with Crippen LogP contribution >= 0.6 is 0 Å². The fourth-order valence-electron chi connectivity index (χ4n) is 1.69. The van der Waals surface area contributed by atoms with Gasteiger partial charge in [-0.2, -0.15) is 26.3 Å². The molecule has 0 saturated carbocycles. The molecule has 1 aromatic heterocycles. The zero-order chi connectivity index (χ0) is 15.8. The van der Waals surface area contributed by atoms with Gasteiger partial charge in [-0.25, -0.2) is 0 Å². The molecule has 0 atom stereocenters. The third-order valence-corrected chi connectivity index (χ3v) is 2.71. The number of hydrogen-bond donors (Lipinski definition) is 1. The number of ketones is 1. The van der Waals surface area contributed by atoms with E-state index in [0.29, 0.717) is 0 Å². The average molecular weight is 307 g/mol. The minimum atomic E-state index is -5.01. The van der Waals surface area contributed by atoms with E-state index in [1.807, 2.05) is 0 Å². The van der Waals surface area contributed by atoms with Crippen LogP contribution in [0.25, 0.3) is 11.3 Å². The summed E-state index contributed by atoms with van der Waals surface area (Å²) >= 11 is 0. The number of H-pyrrole nitrogens is 1. The van der Waals surface area contributed by atoms with E-state index in [-0.39, 0.29) is 11.3 Å². The molecule has 112 valence electrons. The summed E-state index contributed by atoms with van der Waals surface area (Å²) in [5, 5.41) is 0. The van der Waals surface area contributed by atoms with Gasteiger partial charge in [0.25, 0.3) is 5.78 Å². The molecule has 2 aromatic rings. The number of carbonyl (C=O) groups is 1. The van der Waals surface area contributed by atoms with Gasteiger partial charge in [-0.3, -0.25) is 4.79 Å². The SMILES string of the molecule is O=C(c1ccc(-c2ccc(C(F)(F)F)cc2)[nH]1)C(F)(F)F. The minimum absolute atomic E-state index is 0.122. The van der Waals surface area contributed by atoms with Crippen LogP contribution in [0.3, 0.4) is 0 Å². The van der Waals surface area contributed by atoms with Gasteiger partial charge in [0.05, 0.1) is 11.3 Å². The number of halogens is 6. The van der Waals surface area contributed by atoms with Gasteiger partial charge in [0.15, 0.2) is 0 Å². The summed E-state index contributed by atoms with van der Waals surface area (Å²) in [6, 6.07) is 5.96. The second kappa shape index (κ2) is 4.94. The molecular weight excluding hydrogens is 300 g/mol. The van der Waals surface area contributed by atoms with Crippen molar-refractivity contribution in [3.8, 4) is 11.3 Å². The summed E-state index contributed by atoms with van der Waals surface area (Å²) < 4.78 is 73.9. The van der Waals surface area contributed by atoms with E-state index < -0.39 is 29.4 Å². The predicted molar refractivity (Wildman–Crippen MR) is 61.6 cm³/mol. The molecule has 0 aliphatic carbocycles. The highest BCUT2D eigenvalue weighted by Crippen LogP contribution is 2.31. The standard InChI is InChI=1S/C13H7F6NO/c14-12(15,16)8-3-1-7(2-4-8)9-5-6-10(20-9)11(21)13(17,18)19/h1-6,20H. The number of benzene rings is 1. The van der Waals surface area contributed by atoms with Crippen LogP contribution < -0.4 is 0 Å². The fraction of sp³-hybridized carbons (Fsp3) is 0.154. The molecule has 0 radical (unpaired) electrons. The molecule has 2 nitrogen and oxygen atoms in total. The van der Waals surface area contributed by atoms with Crippen molar-refractivity contribution in [2.45, 2.75) is 12.4 Å². The van der Waals surface area contributed by atoms with E-state index >= 15 is 0 Å². The first kappa shape index (κ1) is 15.1. The summed E-state index contributed by atoms with van der Waals surface area (Å²) in [6.07, 6.45) is -9.51. The maximum Gasteiger partial charge on any atom is 0.456 e. The number of Topliss-reactive ketones (excluding diaryl/α,β-unsaturated/α-hetero) is 1. The van der Waals surface area contributed by atoms with Crippen molar-refractivity contribution >= 4 is 5.78 Å². The zero-order valence-corrected chi connectivity index (χ0v) is 10.1.